The first-order chi connectivity index (χ1) is 25.7. The van der Waals surface area contributed by atoms with Gasteiger partial charge in [0.2, 0.25) is 0 Å². The van der Waals surface area contributed by atoms with E-state index in [9.17, 15) is 0 Å². The summed E-state index contributed by atoms with van der Waals surface area (Å²) in [5, 5.41) is 5.27. The summed E-state index contributed by atoms with van der Waals surface area (Å²) in [4.78, 5) is 2.42. The van der Waals surface area contributed by atoms with Crippen LogP contribution in [0.5, 0.6) is 0 Å². The highest BCUT2D eigenvalue weighted by Gasteiger charge is 2.27. The maximum atomic E-state index is 2.52. The summed E-state index contributed by atoms with van der Waals surface area (Å²) in [6.07, 6.45) is 5.69. The number of hydrogen-bond donors (Lipinski definition) is 0. The zero-order valence-electron chi connectivity index (χ0n) is 28.9. The number of benzene rings is 7. The van der Waals surface area contributed by atoms with Crippen LogP contribution in [0.1, 0.15) is 18.9 Å². The lowest BCUT2D eigenvalue weighted by molar-refractivity contribution is 0.716. The van der Waals surface area contributed by atoms with Gasteiger partial charge in [0, 0.05) is 49.0 Å². The number of rotatable bonds is 6. The van der Waals surface area contributed by atoms with E-state index in [0.717, 1.165) is 6.42 Å². The van der Waals surface area contributed by atoms with Gasteiger partial charge in [0.1, 0.15) is 0 Å². The van der Waals surface area contributed by atoms with Crippen LogP contribution < -0.4 is 4.90 Å². The molecule has 52 heavy (non-hydrogen) atoms. The van der Waals surface area contributed by atoms with E-state index in [0.29, 0.717) is 5.92 Å². The van der Waals surface area contributed by atoms with Gasteiger partial charge in [0.05, 0.1) is 15.7 Å². The predicted octanol–water partition coefficient (Wildman–Crippen LogP) is 14.0. The molecule has 0 saturated carbocycles. The van der Waals surface area contributed by atoms with Gasteiger partial charge < -0.3 is 9.47 Å². The van der Waals surface area contributed by atoms with Gasteiger partial charge in [-0.25, -0.2) is 0 Å². The fourth-order valence-corrected chi connectivity index (χ4v) is 9.48. The molecule has 2 aromatic heterocycles. The third kappa shape index (κ3) is 5.00. The Morgan fingerprint density at radius 2 is 1.17 bits per heavy atom. The molecule has 2 nitrogen and oxygen atoms in total. The standard InChI is InChI=1S/C49H36N2S/c1-33-31-39(50(36-17-7-3-8-18-36)37-19-9-4-10-20-37)29-30-40(33)43-32-44-41-21-12-14-24-46(41)52-49(44)48-47(43)42-22-11-13-23-45(42)51(48)38-27-25-35(26-28-38)34-15-5-2-6-16-34/h2-30,32-33H,31H2,1H3. The Labute approximate surface area is 307 Å². The lowest BCUT2D eigenvalue weighted by atomic mass is 9.83. The molecule has 1 atom stereocenters. The second-order valence-electron chi connectivity index (χ2n) is 13.8. The molecule has 248 valence electrons. The second kappa shape index (κ2) is 12.6. The summed E-state index contributed by atoms with van der Waals surface area (Å²) in [6, 6.07) is 61.6. The third-order valence-electron chi connectivity index (χ3n) is 10.6. The van der Waals surface area contributed by atoms with Crippen molar-refractivity contribution in [3.63, 3.8) is 0 Å². The number of aromatic nitrogens is 1. The molecule has 0 aliphatic heterocycles. The predicted molar refractivity (Wildman–Crippen MR) is 224 cm³/mol. The van der Waals surface area contributed by atoms with E-state index in [1.807, 2.05) is 11.3 Å². The van der Waals surface area contributed by atoms with Crippen molar-refractivity contribution >= 4 is 70.3 Å². The average molecular weight is 685 g/mol. The van der Waals surface area contributed by atoms with Gasteiger partial charge in [-0.3, -0.25) is 0 Å². The quantitative estimate of drug-likeness (QED) is 0.169. The molecule has 0 bridgehead atoms. The van der Waals surface area contributed by atoms with Gasteiger partial charge in [-0.05, 0) is 95.3 Å². The maximum Gasteiger partial charge on any atom is 0.0725 e. The molecule has 0 saturated heterocycles. The van der Waals surface area contributed by atoms with Crippen molar-refractivity contribution in [2.75, 3.05) is 4.90 Å². The summed E-state index contributed by atoms with van der Waals surface area (Å²) in [6.45, 7) is 2.40. The Balaban J connectivity index is 1.22. The van der Waals surface area contributed by atoms with Crippen LogP contribution in [0.2, 0.25) is 0 Å². The molecule has 0 N–H and O–H groups in total. The smallest absolute Gasteiger partial charge is 0.0725 e. The first kappa shape index (κ1) is 30.6. The van der Waals surface area contributed by atoms with Gasteiger partial charge >= 0.3 is 0 Å². The average Bonchev–Trinajstić information content (AvgIpc) is 3.76. The van der Waals surface area contributed by atoms with Crippen LogP contribution in [0.3, 0.4) is 0 Å². The molecule has 3 heteroatoms. The normalized spacial score (nSPS) is 14.6. The Morgan fingerprint density at radius 3 is 1.87 bits per heavy atom. The molecule has 2 heterocycles. The molecular formula is C49H36N2S. The summed E-state index contributed by atoms with van der Waals surface area (Å²) in [7, 11) is 0. The van der Waals surface area contributed by atoms with E-state index < -0.39 is 0 Å². The molecule has 1 aliphatic rings. The lowest BCUT2D eigenvalue weighted by Gasteiger charge is -2.32. The zero-order valence-corrected chi connectivity index (χ0v) is 29.7. The molecule has 0 spiro atoms. The Bertz CT molecular complexity index is 2770. The molecule has 0 radical (unpaired) electrons. The van der Waals surface area contributed by atoms with E-state index in [-0.39, 0.29) is 0 Å². The van der Waals surface area contributed by atoms with Gasteiger partial charge in [-0.2, -0.15) is 0 Å². The summed E-state index contributed by atoms with van der Waals surface area (Å²) < 4.78 is 5.17. The summed E-state index contributed by atoms with van der Waals surface area (Å²) in [5.41, 5.74) is 12.5. The van der Waals surface area contributed by atoms with Gasteiger partial charge in [0.25, 0.3) is 0 Å². The van der Waals surface area contributed by atoms with Crippen molar-refractivity contribution in [3.05, 3.63) is 193 Å². The van der Waals surface area contributed by atoms with Crippen LogP contribution in [0.4, 0.5) is 11.4 Å². The van der Waals surface area contributed by atoms with E-state index in [2.05, 4.69) is 198 Å². The largest absolute Gasteiger partial charge is 0.314 e. The van der Waals surface area contributed by atoms with Crippen molar-refractivity contribution < 1.29 is 0 Å². The minimum absolute atomic E-state index is 0.299. The van der Waals surface area contributed by atoms with Crippen LogP contribution in [-0.4, -0.2) is 4.57 Å². The number of hydrogen-bond acceptors (Lipinski definition) is 2. The topological polar surface area (TPSA) is 8.17 Å². The van der Waals surface area contributed by atoms with E-state index in [4.69, 9.17) is 0 Å². The van der Waals surface area contributed by atoms with E-state index in [1.54, 1.807) is 0 Å². The van der Waals surface area contributed by atoms with Gasteiger partial charge in [-0.15, -0.1) is 11.3 Å². The number of anilines is 2. The highest BCUT2D eigenvalue weighted by atomic mass is 32.1. The van der Waals surface area contributed by atoms with Gasteiger partial charge in [0.15, 0.2) is 0 Å². The molecular weight excluding hydrogens is 649 g/mol. The van der Waals surface area contributed by atoms with Crippen molar-refractivity contribution in [3.8, 4) is 16.8 Å². The minimum Gasteiger partial charge on any atom is -0.314 e. The summed E-state index contributed by atoms with van der Waals surface area (Å²) >= 11 is 1.91. The highest BCUT2D eigenvalue weighted by molar-refractivity contribution is 7.26. The van der Waals surface area contributed by atoms with Crippen LogP contribution in [0, 0.1) is 5.92 Å². The van der Waals surface area contributed by atoms with Crippen molar-refractivity contribution in [1.82, 2.24) is 4.57 Å². The van der Waals surface area contributed by atoms with E-state index in [1.165, 1.54) is 87.0 Å². The van der Waals surface area contributed by atoms with Crippen LogP contribution in [-0.2, 0) is 0 Å². The van der Waals surface area contributed by atoms with Crippen LogP contribution in [0.15, 0.2) is 188 Å². The number of fused-ring (bicyclic) bond motifs is 7. The van der Waals surface area contributed by atoms with Crippen molar-refractivity contribution in [1.29, 1.82) is 0 Å². The fraction of sp³-hybridized carbons (Fsp3) is 0.0612. The Morgan fingerprint density at radius 1 is 0.577 bits per heavy atom. The fourth-order valence-electron chi connectivity index (χ4n) is 8.26. The first-order valence-electron chi connectivity index (χ1n) is 18.1. The van der Waals surface area contributed by atoms with Crippen molar-refractivity contribution in [2.24, 2.45) is 5.92 Å². The Kier molecular flexibility index (Phi) is 7.40. The Hall–Kier alpha value is -6.16. The first-order valence-corrected chi connectivity index (χ1v) is 18.9. The van der Waals surface area contributed by atoms with Gasteiger partial charge in [-0.1, -0.05) is 128 Å². The number of para-hydroxylation sites is 3. The molecule has 10 rings (SSSR count). The lowest BCUT2D eigenvalue weighted by Crippen LogP contribution is -2.20. The molecule has 0 amide bonds. The number of thiophene rings is 1. The number of allylic oxidation sites excluding steroid dienone is 4. The maximum absolute atomic E-state index is 2.52. The SMILES string of the molecule is CC1CC(N(c2ccccc2)c2ccccc2)=CC=C1c1cc2c3ccccc3sc2c2c1c1ccccc1n2-c1ccc(-c2ccccc2)cc1. The highest BCUT2D eigenvalue weighted by Crippen LogP contribution is 2.48. The zero-order chi connectivity index (χ0) is 34.6. The van der Waals surface area contributed by atoms with E-state index >= 15 is 0 Å². The summed E-state index contributed by atoms with van der Waals surface area (Å²) in [5.74, 6) is 0.299. The number of nitrogens with zero attached hydrogens (tertiary/aromatic N) is 2. The molecule has 1 unspecified atom stereocenters. The second-order valence-corrected chi connectivity index (χ2v) is 14.8. The molecule has 1 aliphatic carbocycles. The monoisotopic (exact) mass is 684 g/mol. The molecule has 7 aromatic carbocycles. The molecule has 0 fully saturated rings. The molecule has 9 aromatic rings. The van der Waals surface area contributed by atoms with Crippen LogP contribution in [0.25, 0.3) is 64.4 Å². The minimum atomic E-state index is 0.299. The van der Waals surface area contributed by atoms with Crippen molar-refractivity contribution in [2.45, 2.75) is 13.3 Å². The third-order valence-corrected chi connectivity index (χ3v) is 11.8. The van der Waals surface area contributed by atoms with Crippen LogP contribution >= 0.6 is 11.3 Å².